The fourth-order valence-corrected chi connectivity index (χ4v) is 1.03. The highest BCUT2D eigenvalue weighted by Gasteiger charge is 1.95. The Kier molecular flexibility index (Phi) is 5.51. The summed E-state index contributed by atoms with van der Waals surface area (Å²) in [5.41, 5.74) is 7.63. The van der Waals surface area contributed by atoms with Gasteiger partial charge in [-0.25, -0.2) is 0 Å². The molecule has 0 spiro atoms. The van der Waals surface area contributed by atoms with E-state index in [1.165, 1.54) is 0 Å². The maximum Gasteiger partial charge on any atom is 0.0434 e. The molecule has 1 rings (SSSR count). The van der Waals surface area contributed by atoms with Crippen molar-refractivity contribution in [1.82, 2.24) is 0 Å². The number of aliphatic hydroxyl groups excluding tert-OH is 1. The highest BCUT2D eigenvalue weighted by atomic mass is 35.5. The van der Waals surface area contributed by atoms with E-state index in [4.69, 9.17) is 10.8 Å². The second-order valence-corrected chi connectivity index (χ2v) is 2.53. The molecule has 3 heteroatoms. The van der Waals surface area contributed by atoms with Gasteiger partial charge in [-0.2, -0.15) is 0 Å². The average molecular weight is 188 g/mol. The zero-order valence-electron chi connectivity index (χ0n) is 6.86. The zero-order chi connectivity index (χ0) is 8.10. The predicted molar refractivity (Wildman–Crippen MR) is 53.5 cm³/mol. The van der Waals surface area contributed by atoms with E-state index in [2.05, 4.69) is 0 Å². The zero-order valence-corrected chi connectivity index (χ0v) is 7.68. The van der Waals surface area contributed by atoms with Gasteiger partial charge in [-0.05, 0) is 24.5 Å². The van der Waals surface area contributed by atoms with Gasteiger partial charge >= 0.3 is 0 Å². The Bertz CT molecular complexity index is 228. The van der Waals surface area contributed by atoms with E-state index in [0.29, 0.717) is 0 Å². The van der Waals surface area contributed by atoms with E-state index in [9.17, 15) is 0 Å². The summed E-state index contributed by atoms with van der Waals surface area (Å²) in [6, 6.07) is 7.75. The number of aliphatic hydroxyl groups is 1. The quantitative estimate of drug-likeness (QED) is 0.707. The van der Waals surface area contributed by atoms with Crippen LogP contribution in [0.2, 0.25) is 0 Å². The summed E-state index contributed by atoms with van der Waals surface area (Å²) in [5, 5.41) is 8.58. The number of halogens is 1. The topological polar surface area (TPSA) is 46.2 Å². The number of hydrogen-bond donors (Lipinski definition) is 2. The Balaban J connectivity index is 0.00000121. The highest BCUT2D eigenvalue weighted by Crippen LogP contribution is 2.11. The first-order valence-corrected chi connectivity index (χ1v) is 3.79. The van der Waals surface area contributed by atoms with E-state index in [-0.39, 0.29) is 19.0 Å². The first kappa shape index (κ1) is 11.3. The molecule has 0 bridgehead atoms. The van der Waals surface area contributed by atoms with Crippen molar-refractivity contribution in [3.05, 3.63) is 29.8 Å². The molecule has 12 heavy (non-hydrogen) atoms. The lowest BCUT2D eigenvalue weighted by atomic mass is 10.1. The lowest BCUT2D eigenvalue weighted by molar-refractivity contribution is 0.288. The first-order chi connectivity index (χ1) is 5.34. The van der Waals surface area contributed by atoms with Crippen LogP contribution in [0.5, 0.6) is 0 Å². The fourth-order valence-electron chi connectivity index (χ4n) is 1.03. The van der Waals surface area contributed by atoms with Gasteiger partial charge < -0.3 is 10.8 Å². The van der Waals surface area contributed by atoms with Gasteiger partial charge in [0.2, 0.25) is 0 Å². The molecule has 0 saturated carbocycles. The monoisotopic (exact) mass is 187 g/mol. The van der Waals surface area contributed by atoms with Gasteiger partial charge in [-0.1, -0.05) is 18.2 Å². The van der Waals surface area contributed by atoms with Crippen LogP contribution < -0.4 is 5.73 Å². The summed E-state index contributed by atoms with van der Waals surface area (Å²) in [6.07, 6.45) is 1.65. The van der Waals surface area contributed by atoms with Crippen molar-refractivity contribution in [2.24, 2.45) is 0 Å². The number of hydrogen-bond acceptors (Lipinski definition) is 2. The van der Waals surface area contributed by atoms with Crippen LogP contribution >= 0.6 is 12.4 Å². The van der Waals surface area contributed by atoms with Gasteiger partial charge in [0, 0.05) is 12.3 Å². The molecule has 0 aliphatic rings. The smallest absolute Gasteiger partial charge is 0.0434 e. The Labute approximate surface area is 78.8 Å². The van der Waals surface area contributed by atoms with Crippen LogP contribution in [0.1, 0.15) is 12.0 Å². The maximum absolute atomic E-state index is 8.58. The summed E-state index contributed by atoms with van der Waals surface area (Å²) in [4.78, 5) is 0. The lowest BCUT2D eigenvalue weighted by Crippen LogP contribution is -1.95. The molecule has 0 heterocycles. The van der Waals surface area contributed by atoms with E-state index in [0.717, 1.165) is 24.1 Å². The molecule has 0 aliphatic carbocycles. The summed E-state index contributed by atoms with van der Waals surface area (Å²) < 4.78 is 0. The average Bonchev–Trinajstić information content (AvgIpc) is 2.03. The predicted octanol–water partition coefficient (Wildman–Crippen LogP) is 1.62. The standard InChI is InChI=1S/C9H13NO.ClH/c10-9-6-2-1-4-8(9)5-3-7-11;/h1-2,4,6,11H,3,5,7,10H2;1H. The third-order valence-corrected chi connectivity index (χ3v) is 1.66. The Hall–Kier alpha value is -0.730. The van der Waals surface area contributed by atoms with Crippen molar-refractivity contribution < 1.29 is 5.11 Å². The van der Waals surface area contributed by atoms with Crippen LogP contribution in [0.25, 0.3) is 0 Å². The van der Waals surface area contributed by atoms with E-state index in [1.54, 1.807) is 0 Å². The molecule has 0 atom stereocenters. The summed E-state index contributed by atoms with van der Waals surface area (Å²) >= 11 is 0. The summed E-state index contributed by atoms with van der Waals surface area (Å²) in [6.45, 7) is 0.230. The minimum absolute atomic E-state index is 0. The van der Waals surface area contributed by atoms with Crippen LogP contribution in [0.3, 0.4) is 0 Å². The second kappa shape index (κ2) is 5.86. The molecule has 0 aromatic heterocycles. The van der Waals surface area contributed by atoms with Crippen LogP contribution in [-0.4, -0.2) is 11.7 Å². The summed E-state index contributed by atoms with van der Waals surface area (Å²) in [5.74, 6) is 0. The number of nitrogens with two attached hydrogens (primary N) is 1. The normalized spacial score (nSPS) is 9.08. The van der Waals surface area contributed by atoms with Crippen molar-refractivity contribution in [1.29, 1.82) is 0 Å². The molecule has 0 unspecified atom stereocenters. The minimum Gasteiger partial charge on any atom is -0.399 e. The summed E-state index contributed by atoms with van der Waals surface area (Å²) in [7, 11) is 0. The maximum atomic E-state index is 8.58. The Morgan fingerprint density at radius 3 is 2.50 bits per heavy atom. The molecule has 2 nitrogen and oxygen atoms in total. The van der Waals surface area contributed by atoms with Crippen molar-refractivity contribution in [2.45, 2.75) is 12.8 Å². The van der Waals surface area contributed by atoms with Crippen LogP contribution in [0, 0.1) is 0 Å². The molecule has 0 aliphatic heterocycles. The molecule has 1 aromatic rings. The molecule has 0 radical (unpaired) electrons. The van der Waals surface area contributed by atoms with Crippen LogP contribution in [0.15, 0.2) is 24.3 Å². The van der Waals surface area contributed by atoms with E-state index < -0.39 is 0 Å². The van der Waals surface area contributed by atoms with Crippen molar-refractivity contribution in [3.63, 3.8) is 0 Å². The SMILES string of the molecule is Cl.Nc1ccccc1CCCO. The molecule has 1 aromatic carbocycles. The third kappa shape index (κ3) is 3.11. The van der Waals surface area contributed by atoms with Gasteiger partial charge in [0.1, 0.15) is 0 Å². The largest absolute Gasteiger partial charge is 0.399 e. The second-order valence-electron chi connectivity index (χ2n) is 2.53. The fraction of sp³-hybridized carbons (Fsp3) is 0.333. The van der Waals surface area contributed by atoms with Gasteiger partial charge in [0.05, 0.1) is 0 Å². The molecular weight excluding hydrogens is 174 g/mol. The molecule has 0 fully saturated rings. The molecule has 68 valence electrons. The van der Waals surface area contributed by atoms with Gasteiger partial charge in [0.15, 0.2) is 0 Å². The number of aryl methyl sites for hydroxylation is 1. The van der Waals surface area contributed by atoms with Gasteiger partial charge in [-0.3, -0.25) is 0 Å². The third-order valence-electron chi connectivity index (χ3n) is 1.66. The Morgan fingerprint density at radius 1 is 1.25 bits per heavy atom. The number of para-hydroxylation sites is 1. The van der Waals surface area contributed by atoms with Crippen molar-refractivity contribution >= 4 is 18.1 Å². The van der Waals surface area contributed by atoms with Crippen molar-refractivity contribution in [2.75, 3.05) is 12.3 Å². The van der Waals surface area contributed by atoms with E-state index in [1.807, 2.05) is 24.3 Å². The van der Waals surface area contributed by atoms with Gasteiger partial charge in [0.25, 0.3) is 0 Å². The highest BCUT2D eigenvalue weighted by molar-refractivity contribution is 5.85. The van der Waals surface area contributed by atoms with Crippen LogP contribution in [-0.2, 0) is 6.42 Å². The lowest BCUT2D eigenvalue weighted by Gasteiger charge is -2.02. The minimum atomic E-state index is 0. The molecule has 0 amide bonds. The molecule has 0 saturated heterocycles. The molecule has 3 N–H and O–H groups in total. The number of nitrogen functional groups attached to an aromatic ring is 1. The van der Waals surface area contributed by atoms with Crippen LogP contribution in [0.4, 0.5) is 5.69 Å². The van der Waals surface area contributed by atoms with Gasteiger partial charge in [-0.15, -0.1) is 12.4 Å². The number of anilines is 1. The number of benzene rings is 1. The molecular formula is C9H14ClNO. The van der Waals surface area contributed by atoms with Crippen molar-refractivity contribution in [3.8, 4) is 0 Å². The Morgan fingerprint density at radius 2 is 1.92 bits per heavy atom. The van der Waals surface area contributed by atoms with E-state index >= 15 is 0 Å². The number of rotatable bonds is 3. The first-order valence-electron chi connectivity index (χ1n) is 3.79.